The lowest BCUT2D eigenvalue weighted by Crippen LogP contribution is -2.27. The van der Waals surface area contributed by atoms with E-state index in [4.69, 9.17) is 4.42 Å². The maximum Gasteiger partial charge on any atom is 0.251 e. The smallest absolute Gasteiger partial charge is 0.251 e. The van der Waals surface area contributed by atoms with Gasteiger partial charge in [0.15, 0.2) is 0 Å². The quantitative estimate of drug-likeness (QED) is 0.539. The number of rotatable bonds is 7. The second kappa shape index (κ2) is 8.14. The molecule has 2 aromatic carbocycles. The monoisotopic (exact) mass is 474 g/mol. The first-order chi connectivity index (χ1) is 13.9. The van der Waals surface area contributed by atoms with Crippen molar-refractivity contribution in [2.75, 3.05) is 0 Å². The largest absolute Gasteiger partial charge is 0.459 e. The fourth-order valence-corrected chi connectivity index (χ4v) is 4.42. The molecule has 0 radical (unpaired) electrons. The van der Waals surface area contributed by atoms with Crippen LogP contribution in [0.5, 0.6) is 0 Å². The molecule has 1 aliphatic rings. The molecule has 150 valence electrons. The Hall–Kier alpha value is -2.42. The molecule has 0 aliphatic heterocycles. The summed E-state index contributed by atoms with van der Waals surface area (Å²) in [4.78, 5) is 12.6. The van der Waals surface area contributed by atoms with E-state index in [-0.39, 0.29) is 29.0 Å². The number of carbonyl (C=O) groups is 1. The maximum atomic E-state index is 12.5. The molecule has 0 atom stereocenters. The highest BCUT2D eigenvalue weighted by molar-refractivity contribution is 9.10. The molecule has 1 fully saturated rings. The highest BCUT2D eigenvalue weighted by Gasteiger charge is 2.28. The van der Waals surface area contributed by atoms with Gasteiger partial charge < -0.3 is 9.73 Å². The standard InChI is InChI=1S/C21H19BrN2O4S/c22-16-6-4-14(5-7-16)20-11-10-18(28-20)13-23-21(25)15-2-1-3-19(12-15)29(26,27)24-17-8-9-17/h1-7,10-12,17,24H,8-9,13H2,(H,23,25). The minimum absolute atomic E-state index is 0.0105. The normalized spacial score (nSPS) is 14.0. The predicted molar refractivity (Wildman–Crippen MR) is 113 cm³/mol. The predicted octanol–water partition coefficient (Wildman–Crippen LogP) is 4.08. The van der Waals surface area contributed by atoms with Gasteiger partial charge in [-0.15, -0.1) is 0 Å². The summed E-state index contributed by atoms with van der Waals surface area (Å²) in [6, 6.07) is 17.4. The van der Waals surface area contributed by atoms with Crippen LogP contribution in [-0.4, -0.2) is 20.4 Å². The van der Waals surface area contributed by atoms with E-state index in [0.717, 1.165) is 22.9 Å². The highest BCUT2D eigenvalue weighted by Crippen LogP contribution is 2.24. The molecule has 0 spiro atoms. The molecule has 4 rings (SSSR count). The van der Waals surface area contributed by atoms with E-state index in [1.165, 1.54) is 12.1 Å². The number of sulfonamides is 1. The molecule has 0 unspecified atom stereocenters. The van der Waals surface area contributed by atoms with Crippen molar-refractivity contribution in [1.82, 2.24) is 10.0 Å². The molecule has 0 saturated heterocycles. The Morgan fingerprint density at radius 1 is 1.07 bits per heavy atom. The summed E-state index contributed by atoms with van der Waals surface area (Å²) < 4.78 is 34.1. The van der Waals surface area contributed by atoms with Crippen LogP contribution < -0.4 is 10.0 Å². The molecule has 0 bridgehead atoms. The first-order valence-electron chi connectivity index (χ1n) is 9.16. The van der Waals surface area contributed by atoms with Crippen molar-refractivity contribution in [3.63, 3.8) is 0 Å². The number of carbonyl (C=O) groups excluding carboxylic acids is 1. The van der Waals surface area contributed by atoms with Gasteiger partial charge in [0.25, 0.3) is 5.91 Å². The zero-order valence-corrected chi connectivity index (χ0v) is 17.8. The van der Waals surface area contributed by atoms with Crippen LogP contribution in [0.15, 0.2) is 74.4 Å². The lowest BCUT2D eigenvalue weighted by Gasteiger charge is -2.08. The van der Waals surface area contributed by atoms with Crippen molar-refractivity contribution >= 4 is 31.9 Å². The summed E-state index contributed by atoms with van der Waals surface area (Å²) >= 11 is 3.40. The Bertz CT molecular complexity index is 1140. The summed E-state index contributed by atoms with van der Waals surface area (Å²) in [6.07, 6.45) is 1.70. The van der Waals surface area contributed by atoms with Gasteiger partial charge in [0, 0.05) is 21.6 Å². The lowest BCUT2D eigenvalue weighted by molar-refractivity contribution is 0.0948. The molecule has 29 heavy (non-hydrogen) atoms. The first kappa shape index (κ1) is 19.9. The van der Waals surface area contributed by atoms with E-state index in [0.29, 0.717) is 11.5 Å². The number of amides is 1. The van der Waals surface area contributed by atoms with Gasteiger partial charge in [-0.25, -0.2) is 13.1 Å². The fraction of sp³-hybridized carbons (Fsp3) is 0.190. The van der Waals surface area contributed by atoms with Crippen LogP contribution in [0.3, 0.4) is 0 Å². The molecule has 6 nitrogen and oxygen atoms in total. The fourth-order valence-electron chi connectivity index (χ4n) is 2.80. The van der Waals surface area contributed by atoms with Gasteiger partial charge in [0.1, 0.15) is 11.5 Å². The Morgan fingerprint density at radius 3 is 2.55 bits per heavy atom. The van der Waals surface area contributed by atoms with E-state index in [1.807, 2.05) is 30.3 Å². The van der Waals surface area contributed by atoms with E-state index in [2.05, 4.69) is 26.0 Å². The Kier molecular flexibility index (Phi) is 5.58. The summed E-state index contributed by atoms with van der Waals surface area (Å²) in [5.41, 5.74) is 1.22. The van der Waals surface area contributed by atoms with E-state index < -0.39 is 10.0 Å². The molecule has 8 heteroatoms. The van der Waals surface area contributed by atoms with Gasteiger partial charge in [-0.05, 0) is 55.3 Å². The SMILES string of the molecule is O=C(NCc1ccc(-c2ccc(Br)cc2)o1)c1cccc(S(=O)(=O)NC2CC2)c1. The first-order valence-corrected chi connectivity index (χ1v) is 11.4. The number of furan rings is 1. The van der Waals surface area contributed by atoms with Gasteiger partial charge in [-0.2, -0.15) is 0 Å². The van der Waals surface area contributed by atoms with Crippen LogP contribution in [-0.2, 0) is 16.6 Å². The molecule has 1 aromatic heterocycles. The summed E-state index contributed by atoms with van der Waals surface area (Å²) in [5.74, 6) is 0.950. The Morgan fingerprint density at radius 2 is 1.83 bits per heavy atom. The van der Waals surface area contributed by atoms with Crippen LogP contribution in [0.25, 0.3) is 11.3 Å². The molecule has 1 saturated carbocycles. The number of halogens is 1. The van der Waals surface area contributed by atoms with Crippen molar-refractivity contribution in [3.8, 4) is 11.3 Å². The number of benzene rings is 2. The Balaban J connectivity index is 1.41. The Labute approximate surface area is 177 Å². The van der Waals surface area contributed by atoms with Gasteiger partial charge in [-0.3, -0.25) is 4.79 Å². The molecular weight excluding hydrogens is 456 g/mol. The van der Waals surface area contributed by atoms with Crippen molar-refractivity contribution in [3.05, 3.63) is 76.5 Å². The molecule has 1 aliphatic carbocycles. The number of hydrogen-bond acceptors (Lipinski definition) is 4. The van der Waals surface area contributed by atoms with Gasteiger partial charge in [-0.1, -0.05) is 34.1 Å². The van der Waals surface area contributed by atoms with Crippen LogP contribution in [0, 0.1) is 0 Å². The van der Waals surface area contributed by atoms with Gasteiger partial charge >= 0.3 is 0 Å². The summed E-state index contributed by atoms with van der Waals surface area (Å²) in [7, 11) is -3.60. The molecule has 3 aromatic rings. The number of nitrogens with one attached hydrogen (secondary N) is 2. The van der Waals surface area contributed by atoms with Crippen molar-refractivity contribution < 1.29 is 17.6 Å². The lowest BCUT2D eigenvalue weighted by atomic mass is 10.2. The van der Waals surface area contributed by atoms with E-state index in [1.54, 1.807) is 18.2 Å². The summed E-state index contributed by atoms with van der Waals surface area (Å²) in [5, 5.41) is 2.77. The van der Waals surface area contributed by atoms with Gasteiger partial charge in [0.05, 0.1) is 11.4 Å². The second-order valence-corrected chi connectivity index (χ2v) is 9.51. The van der Waals surface area contributed by atoms with Crippen LogP contribution in [0.4, 0.5) is 0 Å². The average molecular weight is 475 g/mol. The minimum atomic E-state index is -3.60. The topological polar surface area (TPSA) is 88.4 Å². The highest BCUT2D eigenvalue weighted by atomic mass is 79.9. The van der Waals surface area contributed by atoms with Crippen LogP contribution in [0.2, 0.25) is 0 Å². The molecular formula is C21H19BrN2O4S. The van der Waals surface area contributed by atoms with Crippen molar-refractivity contribution in [2.24, 2.45) is 0 Å². The molecule has 1 heterocycles. The third-order valence-corrected chi connectivity index (χ3v) is 6.57. The van der Waals surface area contributed by atoms with E-state index in [9.17, 15) is 13.2 Å². The third kappa shape index (κ3) is 4.95. The maximum absolute atomic E-state index is 12.5. The molecule has 1 amide bonds. The number of hydrogen-bond donors (Lipinski definition) is 2. The minimum Gasteiger partial charge on any atom is -0.459 e. The van der Waals surface area contributed by atoms with Crippen LogP contribution in [0.1, 0.15) is 29.0 Å². The zero-order valence-electron chi connectivity index (χ0n) is 15.4. The van der Waals surface area contributed by atoms with Crippen LogP contribution >= 0.6 is 15.9 Å². The van der Waals surface area contributed by atoms with E-state index >= 15 is 0 Å². The second-order valence-electron chi connectivity index (χ2n) is 6.88. The third-order valence-electron chi connectivity index (χ3n) is 4.52. The zero-order chi connectivity index (χ0) is 20.4. The van der Waals surface area contributed by atoms with Gasteiger partial charge in [0.2, 0.25) is 10.0 Å². The summed E-state index contributed by atoms with van der Waals surface area (Å²) in [6.45, 7) is 0.201. The van der Waals surface area contributed by atoms with Crippen molar-refractivity contribution in [1.29, 1.82) is 0 Å². The van der Waals surface area contributed by atoms with Crippen molar-refractivity contribution in [2.45, 2.75) is 30.3 Å². The molecule has 2 N–H and O–H groups in total. The average Bonchev–Trinajstić information content (AvgIpc) is 3.39.